The smallest absolute Gasteiger partial charge is 0.160 e. The maximum absolute atomic E-state index is 11.4. The quantitative estimate of drug-likeness (QED) is 0.108. The van der Waals surface area contributed by atoms with Crippen molar-refractivity contribution in [1.82, 2.24) is 4.57 Å². The summed E-state index contributed by atoms with van der Waals surface area (Å²) in [5.41, 5.74) is 9.48. The number of aryl methyl sites for hydroxylation is 1. The lowest BCUT2D eigenvalue weighted by Crippen LogP contribution is -2.09. The summed E-state index contributed by atoms with van der Waals surface area (Å²) < 4.78 is 2.50. The highest BCUT2D eigenvalue weighted by atomic mass is 32.1. The van der Waals surface area contributed by atoms with E-state index in [0.29, 0.717) is 0 Å². The lowest BCUT2D eigenvalue weighted by atomic mass is 10.0. The van der Waals surface area contributed by atoms with Gasteiger partial charge in [-0.15, -0.1) is 11.3 Å². The van der Waals surface area contributed by atoms with Crippen molar-refractivity contribution < 1.29 is 4.79 Å². The van der Waals surface area contributed by atoms with Crippen molar-refractivity contribution in [2.24, 2.45) is 0 Å². The zero-order valence-corrected chi connectivity index (χ0v) is 26.3. The van der Waals surface area contributed by atoms with Crippen LogP contribution in [0.3, 0.4) is 0 Å². The Morgan fingerprint density at radius 2 is 1.18 bits per heavy atom. The third-order valence-corrected chi connectivity index (χ3v) is 9.67. The molecule has 0 spiro atoms. The van der Waals surface area contributed by atoms with Crippen LogP contribution in [-0.2, 0) is 6.54 Å². The highest BCUT2D eigenvalue weighted by Crippen LogP contribution is 2.39. The molecule has 2 aromatic heterocycles. The highest BCUT2D eigenvalue weighted by Gasteiger charge is 2.15. The van der Waals surface area contributed by atoms with E-state index in [0.717, 1.165) is 45.2 Å². The summed E-state index contributed by atoms with van der Waals surface area (Å²) in [5, 5.41) is 2.53. The normalized spacial score (nSPS) is 11.3. The Hall–Kier alpha value is -4.93. The zero-order chi connectivity index (χ0) is 30.6. The number of aldehydes is 1. The molecule has 0 saturated heterocycles. The molecule has 0 N–H and O–H groups in total. The zero-order valence-electron chi connectivity index (χ0n) is 25.5. The van der Waals surface area contributed by atoms with Gasteiger partial charge in [-0.1, -0.05) is 86.8 Å². The van der Waals surface area contributed by atoms with Crippen molar-refractivity contribution in [2.75, 3.05) is 4.90 Å². The lowest BCUT2D eigenvalue weighted by Gasteiger charge is -2.25. The molecule has 0 unspecified atom stereocenters. The molecule has 3 nitrogen and oxygen atoms in total. The molecule has 0 bridgehead atoms. The molecule has 7 aromatic rings. The number of carbonyl (C=O) groups excluding carboxylic acids is 1. The molecular weight excluding hydrogens is 569 g/mol. The summed E-state index contributed by atoms with van der Waals surface area (Å²) in [4.78, 5) is 15.5. The van der Waals surface area contributed by atoms with Gasteiger partial charge in [0.15, 0.2) is 6.29 Å². The number of aromatic nitrogens is 1. The minimum Gasteiger partial charge on any atom is -0.340 e. The first-order valence-electron chi connectivity index (χ1n) is 15.9. The maximum Gasteiger partial charge on any atom is 0.160 e. The van der Waals surface area contributed by atoms with Crippen LogP contribution in [0.4, 0.5) is 17.1 Å². The minimum atomic E-state index is 0.757. The average Bonchev–Trinajstić information content (AvgIpc) is 3.71. The number of anilines is 3. The summed E-state index contributed by atoms with van der Waals surface area (Å²) in [6, 6.07) is 47.6. The van der Waals surface area contributed by atoms with Crippen LogP contribution in [-0.4, -0.2) is 10.9 Å². The molecule has 4 heteroatoms. The fraction of sp³-hybridized carbons (Fsp3) is 0.146. The number of thiophene rings is 1. The molecule has 0 atom stereocenters. The van der Waals surface area contributed by atoms with Gasteiger partial charge in [-0.2, -0.15) is 0 Å². The van der Waals surface area contributed by atoms with Crippen LogP contribution >= 0.6 is 11.3 Å². The molecule has 0 amide bonds. The van der Waals surface area contributed by atoms with Crippen LogP contribution in [0.15, 0.2) is 133 Å². The lowest BCUT2D eigenvalue weighted by molar-refractivity contribution is 0.112. The summed E-state index contributed by atoms with van der Waals surface area (Å²) in [7, 11) is 0. The summed E-state index contributed by atoms with van der Waals surface area (Å²) in [5.74, 6) is 0. The van der Waals surface area contributed by atoms with Crippen molar-refractivity contribution in [3.63, 3.8) is 0 Å². The predicted molar refractivity (Wildman–Crippen MR) is 192 cm³/mol. The number of fused-ring (bicyclic) bond motifs is 3. The van der Waals surface area contributed by atoms with Crippen LogP contribution in [0.1, 0.15) is 42.3 Å². The van der Waals surface area contributed by atoms with E-state index in [-0.39, 0.29) is 0 Å². The Morgan fingerprint density at radius 1 is 0.600 bits per heavy atom. The molecule has 222 valence electrons. The predicted octanol–water partition coefficient (Wildman–Crippen LogP) is 12.1. The van der Waals surface area contributed by atoms with Gasteiger partial charge < -0.3 is 9.47 Å². The van der Waals surface area contributed by atoms with E-state index in [2.05, 4.69) is 144 Å². The van der Waals surface area contributed by atoms with Gasteiger partial charge >= 0.3 is 0 Å². The number of hydrogen-bond acceptors (Lipinski definition) is 3. The van der Waals surface area contributed by atoms with E-state index >= 15 is 0 Å². The van der Waals surface area contributed by atoms with Crippen LogP contribution in [0, 0.1) is 0 Å². The van der Waals surface area contributed by atoms with Crippen molar-refractivity contribution in [1.29, 1.82) is 0 Å². The third kappa shape index (κ3) is 5.82. The Labute approximate surface area is 269 Å². The van der Waals surface area contributed by atoms with E-state index in [9.17, 15) is 4.79 Å². The van der Waals surface area contributed by atoms with Gasteiger partial charge in [-0.3, -0.25) is 4.79 Å². The monoisotopic (exact) mass is 604 g/mol. The maximum atomic E-state index is 11.4. The van der Waals surface area contributed by atoms with Crippen LogP contribution in [0.2, 0.25) is 0 Å². The number of unbranched alkanes of at least 4 members (excludes halogenated alkanes) is 3. The van der Waals surface area contributed by atoms with E-state index in [1.807, 2.05) is 6.07 Å². The molecule has 0 aliphatic rings. The Balaban J connectivity index is 1.29. The van der Waals surface area contributed by atoms with E-state index in [4.69, 9.17) is 0 Å². The minimum absolute atomic E-state index is 0.757. The van der Waals surface area contributed by atoms with Gasteiger partial charge in [0.25, 0.3) is 0 Å². The Bertz CT molecular complexity index is 2020. The topological polar surface area (TPSA) is 25.2 Å². The van der Waals surface area contributed by atoms with E-state index in [1.54, 1.807) is 11.3 Å². The summed E-state index contributed by atoms with van der Waals surface area (Å²) in [6.07, 6.45) is 5.85. The number of hydrogen-bond donors (Lipinski definition) is 0. The fourth-order valence-corrected chi connectivity index (χ4v) is 7.17. The molecule has 0 aliphatic heterocycles. The van der Waals surface area contributed by atoms with Gasteiger partial charge in [0.05, 0.1) is 4.88 Å². The van der Waals surface area contributed by atoms with Crippen LogP contribution < -0.4 is 4.90 Å². The van der Waals surface area contributed by atoms with Crippen molar-refractivity contribution in [3.05, 3.63) is 138 Å². The molecule has 5 aromatic carbocycles. The highest BCUT2D eigenvalue weighted by molar-refractivity contribution is 7.17. The van der Waals surface area contributed by atoms with Gasteiger partial charge in [-0.25, -0.2) is 0 Å². The molecule has 0 fully saturated rings. The average molecular weight is 605 g/mol. The molecule has 2 heterocycles. The van der Waals surface area contributed by atoms with E-state index in [1.165, 1.54) is 58.6 Å². The van der Waals surface area contributed by atoms with E-state index < -0.39 is 0 Å². The van der Waals surface area contributed by atoms with Crippen molar-refractivity contribution in [3.8, 4) is 21.6 Å². The number of nitrogens with zero attached hydrogens (tertiary/aromatic N) is 2. The SMILES string of the molecule is CCCCCCn1c2ccc(-c3ccc(N(c4ccccc4)c4ccccc4)cc3)cc2c2cc(-c3ccc(C=O)s3)ccc21. The van der Waals surface area contributed by atoms with Crippen LogP contribution in [0.5, 0.6) is 0 Å². The van der Waals surface area contributed by atoms with Gasteiger partial charge in [-0.05, 0) is 95.9 Å². The first-order valence-corrected chi connectivity index (χ1v) is 16.7. The molecule has 45 heavy (non-hydrogen) atoms. The van der Waals surface area contributed by atoms with Crippen molar-refractivity contribution in [2.45, 2.75) is 39.2 Å². The standard InChI is InChI=1S/C41H36N2OS/c1-2-3-4-11-26-42-39-23-18-31(27-37(39)38-28-32(19-24-40(38)42)41-25-22-36(29-44)45-41)30-16-20-35(21-17-30)43(33-12-7-5-8-13-33)34-14-9-6-10-15-34/h5-10,12-25,27-29H,2-4,11,26H2,1H3. The second kappa shape index (κ2) is 13.0. The second-order valence-electron chi connectivity index (χ2n) is 11.5. The fourth-order valence-electron chi connectivity index (χ4n) is 6.35. The molecule has 0 saturated carbocycles. The Morgan fingerprint density at radius 3 is 1.78 bits per heavy atom. The molecule has 0 aliphatic carbocycles. The Kier molecular flexibility index (Phi) is 8.31. The van der Waals surface area contributed by atoms with Gasteiger partial charge in [0.1, 0.15) is 0 Å². The summed E-state index contributed by atoms with van der Waals surface area (Å²) in [6.45, 7) is 3.27. The second-order valence-corrected chi connectivity index (χ2v) is 12.7. The molecule has 7 rings (SSSR count). The first-order chi connectivity index (χ1) is 22.2. The van der Waals surface area contributed by atoms with Gasteiger partial charge in [0.2, 0.25) is 0 Å². The molecule has 0 radical (unpaired) electrons. The number of benzene rings is 5. The molecular formula is C41H36N2OS. The first kappa shape index (κ1) is 28.8. The van der Waals surface area contributed by atoms with Gasteiger partial charge in [0, 0.05) is 50.3 Å². The van der Waals surface area contributed by atoms with Crippen molar-refractivity contribution >= 4 is 56.5 Å². The van der Waals surface area contributed by atoms with Crippen LogP contribution in [0.25, 0.3) is 43.4 Å². The third-order valence-electron chi connectivity index (χ3n) is 8.62. The number of para-hydroxylation sites is 2. The largest absolute Gasteiger partial charge is 0.340 e. The number of carbonyl (C=O) groups is 1. The number of rotatable bonds is 11. The summed E-state index contributed by atoms with van der Waals surface area (Å²) >= 11 is 1.55.